The van der Waals surface area contributed by atoms with Gasteiger partial charge in [0.05, 0.1) is 18.5 Å². The van der Waals surface area contributed by atoms with Gasteiger partial charge in [-0.3, -0.25) is 9.11 Å². The Bertz CT molecular complexity index is 409. The van der Waals surface area contributed by atoms with Crippen LogP contribution >= 0.6 is 0 Å². The van der Waals surface area contributed by atoms with Crippen LogP contribution in [0.2, 0.25) is 0 Å². The van der Waals surface area contributed by atoms with Crippen molar-refractivity contribution in [3.8, 4) is 5.75 Å². The van der Waals surface area contributed by atoms with Gasteiger partial charge in [-0.2, -0.15) is 8.42 Å². The Balaban J connectivity index is 0.000000336. The molecule has 0 fully saturated rings. The van der Waals surface area contributed by atoms with Crippen LogP contribution in [0.1, 0.15) is 0 Å². The quantitative estimate of drug-likeness (QED) is 0.404. The summed E-state index contributed by atoms with van der Waals surface area (Å²) < 4.78 is 36.5. The molecule has 0 bridgehead atoms. The molecule has 0 aliphatic heterocycles. The molecule has 0 saturated carbocycles. The van der Waals surface area contributed by atoms with Crippen molar-refractivity contribution >= 4 is 21.8 Å². The Kier molecular flexibility index (Phi) is 4.85. The van der Waals surface area contributed by atoms with E-state index in [9.17, 15) is 0 Å². The molecular weight excluding hydrogens is 224 g/mol. The van der Waals surface area contributed by atoms with E-state index in [0.717, 1.165) is 0 Å². The number of methoxy groups -OCH3 is 1. The molecule has 0 aliphatic rings. The summed E-state index contributed by atoms with van der Waals surface area (Å²) in [6, 6.07) is 5.30. The lowest BCUT2D eigenvalue weighted by Crippen LogP contribution is -1.97. The first-order chi connectivity index (χ1) is 6.75. The molecule has 7 nitrogen and oxygen atoms in total. The molecule has 0 saturated heterocycles. The Morgan fingerprint density at radius 3 is 2.07 bits per heavy atom. The summed E-state index contributed by atoms with van der Waals surface area (Å²) in [6.07, 6.45) is 0. The minimum Gasteiger partial charge on any atom is -0.495 e. The zero-order chi connectivity index (χ0) is 12.1. The van der Waals surface area contributed by atoms with Gasteiger partial charge in [-0.25, -0.2) is 0 Å². The van der Waals surface area contributed by atoms with Gasteiger partial charge in [0.15, 0.2) is 0 Å². The highest BCUT2D eigenvalue weighted by Gasteiger charge is 1.99. The molecular formula is C7H12N2O5S. The van der Waals surface area contributed by atoms with E-state index in [1.807, 2.05) is 0 Å². The molecule has 8 heteroatoms. The molecule has 0 atom stereocenters. The number of hydrogen-bond donors (Lipinski definition) is 4. The zero-order valence-electron chi connectivity index (χ0n) is 7.91. The molecule has 6 N–H and O–H groups in total. The third-order valence-corrected chi connectivity index (χ3v) is 1.32. The maximum atomic E-state index is 8.74. The normalized spacial score (nSPS) is 10.1. The van der Waals surface area contributed by atoms with Crippen molar-refractivity contribution in [2.75, 3.05) is 18.6 Å². The summed E-state index contributed by atoms with van der Waals surface area (Å²) in [7, 11) is -3.11. The summed E-state index contributed by atoms with van der Waals surface area (Å²) in [5.74, 6) is 0.625. The van der Waals surface area contributed by atoms with Crippen molar-refractivity contribution in [2.45, 2.75) is 0 Å². The van der Waals surface area contributed by atoms with Gasteiger partial charge in [-0.1, -0.05) is 6.07 Å². The lowest BCUT2D eigenvalue weighted by molar-refractivity contribution is 0.381. The first-order valence-electron chi connectivity index (χ1n) is 3.63. The number of hydrogen-bond acceptors (Lipinski definition) is 5. The second-order valence-corrected chi connectivity index (χ2v) is 3.31. The van der Waals surface area contributed by atoms with Crippen LogP contribution in [0.15, 0.2) is 18.2 Å². The third-order valence-electron chi connectivity index (χ3n) is 1.32. The van der Waals surface area contributed by atoms with Crippen molar-refractivity contribution in [1.82, 2.24) is 0 Å². The molecule has 0 spiro atoms. The van der Waals surface area contributed by atoms with Crippen molar-refractivity contribution in [3.05, 3.63) is 18.2 Å². The number of anilines is 2. The maximum absolute atomic E-state index is 8.74. The van der Waals surface area contributed by atoms with Crippen LogP contribution in [0.5, 0.6) is 5.75 Å². The van der Waals surface area contributed by atoms with Gasteiger partial charge in [-0.15, -0.1) is 0 Å². The molecule has 0 radical (unpaired) electrons. The van der Waals surface area contributed by atoms with E-state index in [-0.39, 0.29) is 0 Å². The SMILES string of the molecule is COc1cccc(N)c1N.O=S(=O)(O)O. The Labute approximate surface area is 87.2 Å². The largest absolute Gasteiger partial charge is 0.495 e. The van der Waals surface area contributed by atoms with E-state index in [0.29, 0.717) is 17.1 Å². The van der Waals surface area contributed by atoms with Crippen LogP contribution in [0, 0.1) is 0 Å². The van der Waals surface area contributed by atoms with E-state index in [1.165, 1.54) is 0 Å². The first kappa shape index (κ1) is 13.5. The van der Waals surface area contributed by atoms with E-state index in [4.69, 9.17) is 33.7 Å². The van der Waals surface area contributed by atoms with Crippen LogP contribution in [-0.2, 0) is 10.4 Å². The van der Waals surface area contributed by atoms with Crippen LogP contribution in [-0.4, -0.2) is 24.6 Å². The molecule has 0 aromatic heterocycles. The zero-order valence-corrected chi connectivity index (χ0v) is 8.73. The standard InChI is InChI=1S/C7H10N2O.H2O4S/c1-10-6-4-2-3-5(8)7(6)9;1-5(2,3)4/h2-4H,8-9H2,1H3;(H2,1,2,3,4). The summed E-state index contributed by atoms with van der Waals surface area (Å²) in [5, 5.41) is 0. The number of rotatable bonds is 1. The van der Waals surface area contributed by atoms with Gasteiger partial charge < -0.3 is 16.2 Å². The Morgan fingerprint density at radius 1 is 1.27 bits per heavy atom. The summed E-state index contributed by atoms with van der Waals surface area (Å²) >= 11 is 0. The predicted molar refractivity (Wildman–Crippen MR) is 56.0 cm³/mol. The highest BCUT2D eigenvalue weighted by atomic mass is 32.3. The minimum absolute atomic E-state index is 0.505. The minimum atomic E-state index is -4.67. The second-order valence-electron chi connectivity index (χ2n) is 2.41. The number of para-hydroxylation sites is 1. The van der Waals surface area contributed by atoms with E-state index < -0.39 is 10.4 Å². The topological polar surface area (TPSA) is 136 Å². The van der Waals surface area contributed by atoms with Gasteiger partial charge in [0.1, 0.15) is 5.75 Å². The fourth-order valence-corrected chi connectivity index (χ4v) is 0.739. The van der Waals surface area contributed by atoms with Crippen molar-refractivity contribution < 1.29 is 22.3 Å². The molecule has 0 unspecified atom stereocenters. The van der Waals surface area contributed by atoms with Gasteiger partial charge in [0.25, 0.3) is 0 Å². The molecule has 0 amide bonds. The lowest BCUT2D eigenvalue weighted by atomic mass is 10.2. The average Bonchev–Trinajstić information content (AvgIpc) is 2.07. The Hall–Kier alpha value is -1.51. The maximum Gasteiger partial charge on any atom is 0.394 e. The molecule has 86 valence electrons. The van der Waals surface area contributed by atoms with E-state index in [1.54, 1.807) is 25.3 Å². The van der Waals surface area contributed by atoms with Gasteiger partial charge in [0, 0.05) is 0 Å². The van der Waals surface area contributed by atoms with Gasteiger partial charge >= 0.3 is 10.4 Å². The summed E-state index contributed by atoms with van der Waals surface area (Å²) in [4.78, 5) is 0. The summed E-state index contributed by atoms with van der Waals surface area (Å²) in [6.45, 7) is 0. The molecule has 0 heterocycles. The number of nitrogens with two attached hydrogens (primary N) is 2. The van der Waals surface area contributed by atoms with Gasteiger partial charge in [-0.05, 0) is 12.1 Å². The van der Waals surface area contributed by atoms with Gasteiger partial charge in [0.2, 0.25) is 0 Å². The van der Waals surface area contributed by atoms with Crippen molar-refractivity contribution in [2.24, 2.45) is 0 Å². The van der Waals surface area contributed by atoms with Crippen LogP contribution in [0.4, 0.5) is 11.4 Å². The fraction of sp³-hybridized carbons (Fsp3) is 0.143. The molecule has 1 aromatic carbocycles. The van der Waals surface area contributed by atoms with Crippen molar-refractivity contribution in [1.29, 1.82) is 0 Å². The fourth-order valence-electron chi connectivity index (χ4n) is 0.739. The Morgan fingerprint density at radius 2 is 1.73 bits per heavy atom. The summed E-state index contributed by atoms with van der Waals surface area (Å²) in [5.41, 5.74) is 12.1. The van der Waals surface area contributed by atoms with E-state index in [2.05, 4.69) is 0 Å². The monoisotopic (exact) mass is 236 g/mol. The van der Waals surface area contributed by atoms with Crippen molar-refractivity contribution in [3.63, 3.8) is 0 Å². The first-order valence-corrected chi connectivity index (χ1v) is 5.03. The average molecular weight is 236 g/mol. The van der Waals surface area contributed by atoms with Crippen LogP contribution in [0.3, 0.4) is 0 Å². The smallest absolute Gasteiger partial charge is 0.394 e. The molecule has 15 heavy (non-hydrogen) atoms. The highest BCUT2D eigenvalue weighted by molar-refractivity contribution is 7.79. The predicted octanol–water partition coefficient (Wildman–Crippen LogP) is 0.207. The number of ether oxygens (including phenoxy) is 1. The molecule has 1 rings (SSSR count). The van der Waals surface area contributed by atoms with Crippen LogP contribution in [0.25, 0.3) is 0 Å². The molecule has 1 aromatic rings. The highest BCUT2D eigenvalue weighted by Crippen LogP contribution is 2.25. The number of benzene rings is 1. The van der Waals surface area contributed by atoms with E-state index >= 15 is 0 Å². The van der Waals surface area contributed by atoms with Crippen LogP contribution < -0.4 is 16.2 Å². The third kappa shape index (κ3) is 6.55. The number of nitrogen functional groups attached to an aromatic ring is 2. The lowest BCUT2D eigenvalue weighted by Gasteiger charge is -2.04. The second kappa shape index (κ2) is 5.39. The molecule has 0 aliphatic carbocycles.